The van der Waals surface area contributed by atoms with E-state index < -0.39 is 5.41 Å². The number of hydrogen-bond acceptors (Lipinski definition) is 2. The fourth-order valence-corrected chi connectivity index (χ4v) is 12.4. The smallest absolute Gasteiger partial charge is 0.0727 e. The van der Waals surface area contributed by atoms with Crippen molar-refractivity contribution in [3.8, 4) is 22.3 Å². The maximum Gasteiger partial charge on any atom is 0.0727 e. The Balaban J connectivity index is 1.10. The molecule has 0 radical (unpaired) electrons. The largest absolute Gasteiger partial charge is 0.310 e. The zero-order valence-corrected chi connectivity index (χ0v) is 31.9. The van der Waals surface area contributed by atoms with Gasteiger partial charge >= 0.3 is 0 Å². The summed E-state index contributed by atoms with van der Waals surface area (Å²) in [6.07, 6.45) is 5.02. The molecule has 266 valence electrons. The van der Waals surface area contributed by atoms with Crippen LogP contribution in [-0.4, -0.2) is 0 Å². The van der Waals surface area contributed by atoms with Crippen LogP contribution in [0.5, 0.6) is 0 Å². The zero-order chi connectivity index (χ0) is 36.8. The summed E-state index contributed by atoms with van der Waals surface area (Å²) in [5.41, 5.74) is 17.1. The summed E-state index contributed by atoms with van der Waals surface area (Å²) in [5.74, 6) is 0. The van der Waals surface area contributed by atoms with Crippen molar-refractivity contribution in [3.05, 3.63) is 221 Å². The van der Waals surface area contributed by atoms with Crippen LogP contribution in [0, 0.1) is 0 Å². The van der Waals surface area contributed by atoms with Gasteiger partial charge in [0.15, 0.2) is 0 Å². The Hall–Kier alpha value is -6.22. The highest BCUT2D eigenvalue weighted by Gasteiger charge is 2.48. The molecule has 1 aromatic heterocycles. The van der Waals surface area contributed by atoms with E-state index in [1.54, 1.807) is 0 Å². The predicted octanol–water partition coefficient (Wildman–Crippen LogP) is 14.7. The van der Waals surface area contributed by atoms with Gasteiger partial charge < -0.3 is 4.90 Å². The van der Waals surface area contributed by atoms with Gasteiger partial charge in [0.2, 0.25) is 0 Å². The number of hydrogen-bond donors (Lipinski definition) is 0. The highest BCUT2D eigenvalue weighted by atomic mass is 32.1. The van der Waals surface area contributed by atoms with Gasteiger partial charge in [0.05, 0.1) is 11.1 Å². The van der Waals surface area contributed by atoms with Crippen molar-refractivity contribution in [2.45, 2.75) is 36.5 Å². The molecule has 2 heteroatoms. The molecule has 12 rings (SSSR count). The first-order valence-corrected chi connectivity index (χ1v) is 20.9. The molecule has 3 aliphatic rings. The summed E-state index contributed by atoms with van der Waals surface area (Å²) in [7, 11) is 0. The average Bonchev–Trinajstić information content (AvgIpc) is 4.04. The van der Waals surface area contributed by atoms with E-state index in [0.717, 1.165) is 0 Å². The quantitative estimate of drug-likeness (QED) is 0.170. The Morgan fingerprint density at radius 1 is 0.429 bits per heavy atom. The number of anilines is 3. The van der Waals surface area contributed by atoms with Gasteiger partial charge in [-0.05, 0) is 93.2 Å². The highest BCUT2D eigenvalue weighted by Crippen LogP contribution is 2.61. The van der Waals surface area contributed by atoms with E-state index in [1.165, 1.54) is 119 Å². The summed E-state index contributed by atoms with van der Waals surface area (Å²) in [5, 5.41) is 2.62. The molecule has 9 aromatic rings. The second kappa shape index (κ2) is 12.1. The van der Waals surface area contributed by atoms with Crippen molar-refractivity contribution in [2.75, 3.05) is 4.90 Å². The molecule has 0 aliphatic heterocycles. The maximum absolute atomic E-state index is 2.52. The first-order valence-electron chi connectivity index (χ1n) is 20.1. The van der Waals surface area contributed by atoms with Crippen LogP contribution in [-0.2, 0) is 10.8 Å². The number of para-hydroxylation sites is 1. The molecular formula is C54H39NS. The van der Waals surface area contributed by atoms with Crippen molar-refractivity contribution in [2.24, 2.45) is 0 Å². The molecule has 0 atom stereocenters. The molecule has 3 aliphatic carbocycles. The fraction of sp³-hybridized carbons (Fsp3) is 0.111. The normalized spacial score (nSPS) is 15.5. The lowest BCUT2D eigenvalue weighted by molar-refractivity contribution is 0.550. The van der Waals surface area contributed by atoms with Crippen LogP contribution in [0.3, 0.4) is 0 Å². The van der Waals surface area contributed by atoms with Gasteiger partial charge in [-0.2, -0.15) is 0 Å². The Labute approximate surface area is 332 Å². The van der Waals surface area contributed by atoms with Gasteiger partial charge in [0.1, 0.15) is 0 Å². The number of thiophene rings is 1. The van der Waals surface area contributed by atoms with Gasteiger partial charge in [0.25, 0.3) is 0 Å². The summed E-state index contributed by atoms with van der Waals surface area (Å²) >= 11 is 1.94. The van der Waals surface area contributed by atoms with E-state index in [2.05, 4.69) is 193 Å². The molecule has 1 saturated carbocycles. The van der Waals surface area contributed by atoms with Gasteiger partial charge in [0, 0.05) is 42.5 Å². The van der Waals surface area contributed by atoms with Crippen LogP contribution in [0.4, 0.5) is 17.1 Å². The van der Waals surface area contributed by atoms with E-state index in [9.17, 15) is 0 Å². The predicted molar refractivity (Wildman–Crippen MR) is 236 cm³/mol. The van der Waals surface area contributed by atoms with E-state index in [-0.39, 0.29) is 5.41 Å². The molecule has 0 saturated heterocycles. The Kier molecular flexibility index (Phi) is 6.95. The van der Waals surface area contributed by atoms with Crippen molar-refractivity contribution >= 4 is 48.6 Å². The molecule has 1 spiro atoms. The average molecular weight is 734 g/mol. The molecule has 1 heterocycles. The van der Waals surface area contributed by atoms with Crippen molar-refractivity contribution < 1.29 is 0 Å². The van der Waals surface area contributed by atoms with E-state index >= 15 is 0 Å². The first kappa shape index (κ1) is 32.1. The summed E-state index contributed by atoms with van der Waals surface area (Å²) in [4.78, 5) is 2.52. The third-order valence-corrected chi connectivity index (χ3v) is 14.5. The Morgan fingerprint density at radius 2 is 1.02 bits per heavy atom. The maximum atomic E-state index is 2.52. The van der Waals surface area contributed by atoms with Crippen molar-refractivity contribution in [3.63, 3.8) is 0 Å². The minimum Gasteiger partial charge on any atom is -0.310 e. The SMILES string of the molecule is c1ccc(N(c2ccc3c(c2)sc2c(C4(c5ccccc5)c5ccccc5-c5ccccc54)cccc23)c2cccc3c2-c2ccccc2C32CCCC2)cc1. The fourth-order valence-electron chi connectivity index (χ4n) is 11.1. The molecular weight excluding hydrogens is 695 g/mol. The molecule has 0 N–H and O–H groups in total. The molecule has 1 fully saturated rings. The molecule has 0 unspecified atom stereocenters. The van der Waals surface area contributed by atoms with Crippen LogP contribution in [0.25, 0.3) is 42.4 Å². The lowest BCUT2D eigenvalue weighted by atomic mass is 9.67. The van der Waals surface area contributed by atoms with Gasteiger partial charge in [-0.3, -0.25) is 0 Å². The second-order valence-electron chi connectivity index (χ2n) is 15.9. The van der Waals surface area contributed by atoms with E-state index in [1.807, 2.05) is 11.3 Å². The minimum absolute atomic E-state index is 0.113. The van der Waals surface area contributed by atoms with Crippen LogP contribution < -0.4 is 4.90 Å². The van der Waals surface area contributed by atoms with Crippen molar-refractivity contribution in [1.82, 2.24) is 0 Å². The molecule has 56 heavy (non-hydrogen) atoms. The monoisotopic (exact) mass is 733 g/mol. The number of nitrogens with zero attached hydrogens (tertiary/aromatic N) is 1. The molecule has 0 amide bonds. The van der Waals surface area contributed by atoms with Crippen LogP contribution >= 0.6 is 11.3 Å². The van der Waals surface area contributed by atoms with Crippen LogP contribution in [0.2, 0.25) is 0 Å². The van der Waals surface area contributed by atoms with Crippen molar-refractivity contribution in [1.29, 1.82) is 0 Å². The van der Waals surface area contributed by atoms with E-state index in [4.69, 9.17) is 0 Å². The molecule has 0 bridgehead atoms. The summed E-state index contributed by atoms with van der Waals surface area (Å²) < 4.78 is 2.65. The molecule has 1 nitrogen and oxygen atoms in total. The van der Waals surface area contributed by atoms with Gasteiger partial charge in [-0.1, -0.05) is 171 Å². The second-order valence-corrected chi connectivity index (χ2v) is 16.9. The van der Waals surface area contributed by atoms with Gasteiger partial charge in [-0.15, -0.1) is 11.3 Å². The lowest BCUT2D eigenvalue weighted by Crippen LogP contribution is -2.28. The minimum atomic E-state index is -0.443. The Morgan fingerprint density at radius 3 is 1.75 bits per heavy atom. The number of benzene rings is 8. The summed E-state index contributed by atoms with van der Waals surface area (Å²) in [6.45, 7) is 0. The number of fused-ring (bicyclic) bond motifs is 11. The topological polar surface area (TPSA) is 3.24 Å². The third-order valence-electron chi connectivity index (χ3n) is 13.3. The number of rotatable bonds is 5. The molecule has 8 aromatic carbocycles. The third kappa shape index (κ3) is 4.25. The lowest BCUT2D eigenvalue weighted by Gasteiger charge is -2.34. The first-order chi connectivity index (χ1) is 27.8. The Bertz CT molecular complexity index is 2940. The van der Waals surface area contributed by atoms with Crippen LogP contribution in [0.1, 0.15) is 59.1 Å². The standard InChI is InChI=1S/C54H39NS/c1-3-17-36(18-4-1)54(45-26-11-7-21-39(45)40-22-8-12-27-46(40)54)48-29-15-24-42-41-32-31-38(35-50(41)56-52(42)48)55(37-19-5-2-6-20-37)49-30-16-28-47-51(49)43-23-9-10-25-44(43)53(47)33-13-14-34-53/h1-12,15-32,35H,13-14,33-34H2. The van der Waals surface area contributed by atoms with Crippen LogP contribution in [0.15, 0.2) is 188 Å². The van der Waals surface area contributed by atoms with E-state index in [0.29, 0.717) is 0 Å². The summed E-state index contributed by atoms with van der Waals surface area (Å²) in [6, 6.07) is 70.8. The zero-order valence-electron chi connectivity index (χ0n) is 31.1. The highest BCUT2D eigenvalue weighted by molar-refractivity contribution is 7.26. The van der Waals surface area contributed by atoms with Gasteiger partial charge in [-0.25, -0.2) is 0 Å².